The van der Waals surface area contributed by atoms with E-state index in [-0.39, 0.29) is 46.2 Å². The number of carbonyl (C=O) groups excluding carboxylic acids is 1. The SMILES string of the molecule is O=C(NC1CCCC(Nc2nc(-c3[nH]nc4ncc(F)cc34)c(F)cc2F)C1)c1ccsc1. The zero-order chi connectivity index (χ0) is 22.9. The number of rotatable bonds is 5. The third kappa shape index (κ3) is 4.40. The van der Waals surface area contributed by atoms with Crippen molar-refractivity contribution in [2.45, 2.75) is 37.8 Å². The average Bonchev–Trinajstić information content (AvgIpc) is 3.46. The number of fused-ring (bicyclic) bond motifs is 1. The van der Waals surface area contributed by atoms with Gasteiger partial charge in [0.1, 0.15) is 11.5 Å². The maximum Gasteiger partial charge on any atom is 0.252 e. The normalized spacial score (nSPS) is 18.4. The number of aromatic nitrogens is 4. The predicted octanol–water partition coefficient (Wildman–Crippen LogP) is 4.65. The summed E-state index contributed by atoms with van der Waals surface area (Å²) in [5, 5.41) is 16.5. The van der Waals surface area contributed by atoms with Crippen molar-refractivity contribution in [1.82, 2.24) is 25.5 Å². The van der Waals surface area contributed by atoms with Gasteiger partial charge in [0.05, 0.1) is 17.3 Å². The van der Waals surface area contributed by atoms with Crippen LogP contribution in [0.15, 0.2) is 35.2 Å². The van der Waals surface area contributed by atoms with Gasteiger partial charge in [0.2, 0.25) is 0 Å². The summed E-state index contributed by atoms with van der Waals surface area (Å²) in [7, 11) is 0. The number of amides is 1. The molecule has 170 valence electrons. The lowest BCUT2D eigenvalue weighted by atomic mass is 9.90. The fourth-order valence-electron chi connectivity index (χ4n) is 4.11. The number of aromatic amines is 1. The highest BCUT2D eigenvalue weighted by molar-refractivity contribution is 7.08. The van der Waals surface area contributed by atoms with Crippen LogP contribution in [0.3, 0.4) is 0 Å². The van der Waals surface area contributed by atoms with Crippen LogP contribution in [0.5, 0.6) is 0 Å². The molecule has 5 rings (SSSR count). The summed E-state index contributed by atoms with van der Waals surface area (Å²) in [6.07, 6.45) is 3.98. The molecule has 33 heavy (non-hydrogen) atoms. The minimum absolute atomic E-state index is 0.0720. The van der Waals surface area contributed by atoms with Gasteiger partial charge in [0, 0.05) is 29.1 Å². The summed E-state index contributed by atoms with van der Waals surface area (Å²) in [5.41, 5.74) is 0.737. The van der Waals surface area contributed by atoms with E-state index >= 15 is 0 Å². The Hall–Kier alpha value is -3.47. The van der Waals surface area contributed by atoms with Gasteiger partial charge in [-0.15, -0.1) is 0 Å². The number of pyridine rings is 2. The van der Waals surface area contributed by atoms with E-state index in [1.165, 1.54) is 17.4 Å². The van der Waals surface area contributed by atoms with E-state index in [1.807, 2.05) is 5.38 Å². The maximum absolute atomic E-state index is 14.6. The molecule has 4 aromatic rings. The first-order valence-corrected chi connectivity index (χ1v) is 11.4. The van der Waals surface area contributed by atoms with Gasteiger partial charge in [0.15, 0.2) is 23.1 Å². The van der Waals surface area contributed by atoms with Crippen molar-refractivity contribution in [1.29, 1.82) is 0 Å². The molecule has 3 N–H and O–H groups in total. The molecule has 0 saturated heterocycles. The minimum Gasteiger partial charge on any atom is -0.365 e. The fraction of sp³-hybridized carbons (Fsp3) is 0.273. The molecule has 1 fully saturated rings. The van der Waals surface area contributed by atoms with Crippen molar-refractivity contribution < 1.29 is 18.0 Å². The Balaban J connectivity index is 1.36. The first-order chi connectivity index (χ1) is 16.0. The van der Waals surface area contributed by atoms with Crippen molar-refractivity contribution >= 4 is 34.1 Å². The van der Waals surface area contributed by atoms with Gasteiger partial charge in [-0.25, -0.2) is 23.1 Å². The van der Waals surface area contributed by atoms with Crippen molar-refractivity contribution in [3.8, 4) is 11.4 Å². The third-order valence-electron chi connectivity index (χ3n) is 5.68. The Labute approximate surface area is 190 Å². The van der Waals surface area contributed by atoms with E-state index in [1.54, 1.807) is 11.4 Å². The lowest BCUT2D eigenvalue weighted by Gasteiger charge is -2.30. The van der Waals surface area contributed by atoms with Crippen LogP contribution in [0.2, 0.25) is 0 Å². The van der Waals surface area contributed by atoms with Crippen molar-refractivity contribution in [3.05, 3.63) is 58.2 Å². The number of carbonyl (C=O) groups is 1. The molecule has 1 amide bonds. The largest absolute Gasteiger partial charge is 0.365 e. The fourth-order valence-corrected chi connectivity index (χ4v) is 4.74. The molecular weight excluding hydrogens is 453 g/mol. The Morgan fingerprint density at radius 2 is 2.00 bits per heavy atom. The van der Waals surface area contributed by atoms with E-state index in [0.29, 0.717) is 12.0 Å². The lowest BCUT2D eigenvalue weighted by Crippen LogP contribution is -2.41. The van der Waals surface area contributed by atoms with Crippen molar-refractivity contribution in [3.63, 3.8) is 0 Å². The molecule has 1 aliphatic rings. The number of hydrogen-bond acceptors (Lipinski definition) is 6. The van der Waals surface area contributed by atoms with Gasteiger partial charge in [-0.1, -0.05) is 0 Å². The number of thiophene rings is 1. The highest BCUT2D eigenvalue weighted by Gasteiger charge is 2.26. The second-order valence-corrected chi connectivity index (χ2v) is 8.74. The molecule has 1 saturated carbocycles. The van der Waals surface area contributed by atoms with E-state index < -0.39 is 17.5 Å². The third-order valence-corrected chi connectivity index (χ3v) is 6.36. The summed E-state index contributed by atoms with van der Waals surface area (Å²) in [6.45, 7) is 0. The predicted molar refractivity (Wildman–Crippen MR) is 118 cm³/mol. The van der Waals surface area contributed by atoms with Gasteiger partial charge in [-0.2, -0.15) is 16.4 Å². The molecule has 0 aromatic carbocycles. The van der Waals surface area contributed by atoms with Crippen LogP contribution in [-0.2, 0) is 0 Å². The molecule has 0 radical (unpaired) electrons. The highest BCUT2D eigenvalue weighted by atomic mass is 32.1. The first-order valence-electron chi connectivity index (χ1n) is 10.4. The molecule has 0 bridgehead atoms. The van der Waals surface area contributed by atoms with Crippen molar-refractivity contribution in [2.75, 3.05) is 5.32 Å². The number of nitrogens with zero attached hydrogens (tertiary/aromatic N) is 3. The maximum atomic E-state index is 14.6. The average molecular weight is 472 g/mol. The van der Waals surface area contributed by atoms with Crippen LogP contribution >= 0.6 is 11.3 Å². The van der Waals surface area contributed by atoms with Crippen LogP contribution in [0.1, 0.15) is 36.0 Å². The molecule has 0 spiro atoms. The Kier molecular flexibility index (Phi) is 5.71. The van der Waals surface area contributed by atoms with E-state index in [4.69, 9.17) is 0 Å². The van der Waals surface area contributed by atoms with E-state index in [2.05, 4.69) is 30.8 Å². The number of halogens is 3. The number of H-pyrrole nitrogens is 1. The van der Waals surface area contributed by atoms with Crippen LogP contribution in [0, 0.1) is 17.5 Å². The summed E-state index contributed by atoms with van der Waals surface area (Å²) >= 11 is 1.45. The zero-order valence-electron chi connectivity index (χ0n) is 17.2. The number of anilines is 1. The molecule has 4 heterocycles. The summed E-state index contributed by atoms with van der Waals surface area (Å²) in [4.78, 5) is 20.4. The van der Waals surface area contributed by atoms with E-state index in [0.717, 1.165) is 31.5 Å². The molecule has 11 heteroatoms. The lowest BCUT2D eigenvalue weighted by molar-refractivity contribution is 0.0927. The topological polar surface area (TPSA) is 95.6 Å². The quantitative estimate of drug-likeness (QED) is 0.393. The number of nitrogens with one attached hydrogen (secondary N) is 3. The summed E-state index contributed by atoms with van der Waals surface area (Å²) < 4.78 is 42.8. The molecule has 1 aliphatic carbocycles. The molecule has 2 unspecified atom stereocenters. The Bertz CT molecular complexity index is 1310. The van der Waals surface area contributed by atoms with Gasteiger partial charge in [0.25, 0.3) is 5.91 Å². The van der Waals surface area contributed by atoms with Gasteiger partial charge < -0.3 is 10.6 Å². The minimum atomic E-state index is -0.905. The van der Waals surface area contributed by atoms with E-state index in [9.17, 15) is 18.0 Å². The van der Waals surface area contributed by atoms with Crippen molar-refractivity contribution in [2.24, 2.45) is 0 Å². The van der Waals surface area contributed by atoms with Gasteiger partial charge in [-0.05, 0) is 43.2 Å². The summed E-state index contributed by atoms with van der Waals surface area (Å²) in [5.74, 6) is -2.61. The van der Waals surface area contributed by atoms with Crippen LogP contribution in [0.4, 0.5) is 19.0 Å². The standard InChI is InChI=1S/C22H19F3N6OS/c23-12-6-15-18(30-31-20(15)26-9-12)19-16(24)8-17(25)21(29-19)27-13-2-1-3-14(7-13)28-22(32)11-4-5-33-10-11/h4-6,8-10,13-14H,1-3,7H2,(H,27,29)(H,28,32)(H,26,30,31). The van der Waals surface area contributed by atoms with Crippen LogP contribution < -0.4 is 10.6 Å². The molecule has 2 atom stereocenters. The highest BCUT2D eigenvalue weighted by Crippen LogP contribution is 2.30. The second kappa shape index (κ2) is 8.81. The molecular formula is C22H19F3N6OS. The molecule has 7 nitrogen and oxygen atoms in total. The Morgan fingerprint density at radius 1 is 1.15 bits per heavy atom. The van der Waals surface area contributed by atoms with Gasteiger partial charge in [-0.3, -0.25) is 9.89 Å². The molecule has 4 aromatic heterocycles. The number of hydrogen-bond donors (Lipinski definition) is 3. The van der Waals surface area contributed by atoms with Gasteiger partial charge >= 0.3 is 0 Å². The molecule has 0 aliphatic heterocycles. The summed E-state index contributed by atoms with van der Waals surface area (Å²) in [6, 6.07) is 3.43. The smallest absolute Gasteiger partial charge is 0.252 e. The monoisotopic (exact) mass is 472 g/mol. The van der Waals surface area contributed by atoms with Crippen LogP contribution in [0.25, 0.3) is 22.4 Å². The zero-order valence-corrected chi connectivity index (χ0v) is 18.1. The second-order valence-electron chi connectivity index (χ2n) is 7.96. The first kappa shape index (κ1) is 21.4. The Morgan fingerprint density at radius 3 is 2.82 bits per heavy atom. The van der Waals surface area contributed by atoms with Crippen LogP contribution in [-0.4, -0.2) is 38.2 Å².